The summed E-state index contributed by atoms with van der Waals surface area (Å²) in [4.78, 5) is 24.4. The van der Waals surface area contributed by atoms with E-state index >= 15 is 0 Å². The van der Waals surface area contributed by atoms with E-state index < -0.39 is 12.1 Å². The average Bonchev–Trinajstić information content (AvgIpc) is 3.24. The lowest BCUT2D eigenvalue weighted by Crippen LogP contribution is -2.39. The summed E-state index contributed by atoms with van der Waals surface area (Å²) in [6.07, 6.45) is 3.05. The molecule has 0 radical (unpaired) electrons. The molecular weight excluding hydrogens is 348 g/mol. The molecule has 8 nitrogen and oxygen atoms in total. The fourth-order valence-corrected chi connectivity index (χ4v) is 3.08. The number of aryl methyl sites for hydroxylation is 1. The van der Waals surface area contributed by atoms with E-state index in [2.05, 4.69) is 25.6 Å². The highest BCUT2D eigenvalue weighted by Gasteiger charge is 2.37. The third kappa shape index (κ3) is 5.01. The first kappa shape index (κ1) is 18.8. The minimum atomic E-state index is -0.759. The lowest BCUT2D eigenvalue weighted by Gasteiger charge is -2.14. The molecule has 1 saturated carbocycles. The normalized spacial score (nSPS) is 22.1. The van der Waals surface area contributed by atoms with E-state index in [1.165, 1.54) is 6.08 Å². The second-order valence-electron chi connectivity index (χ2n) is 6.61. The zero-order valence-electron chi connectivity index (χ0n) is 15.0. The number of carbonyl (C=O) groups excluding carboxylic acids is 2. The molecule has 1 aliphatic rings. The average molecular weight is 370 g/mol. The van der Waals surface area contributed by atoms with E-state index in [9.17, 15) is 14.7 Å². The molecule has 0 unspecified atom stereocenters. The summed E-state index contributed by atoms with van der Waals surface area (Å²) in [7, 11) is 0. The monoisotopic (exact) mass is 370 g/mol. The summed E-state index contributed by atoms with van der Waals surface area (Å²) in [5.74, 6) is -0.857. The predicted molar refractivity (Wildman–Crippen MR) is 97.0 cm³/mol. The summed E-state index contributed by atoms with van der Waals surface area (Å²) in [6, 6.07) is 9.00. The molecule has 3 N–H and O–H groups in total. The van der Waals surface area contributed by atoms with Gasteiger partial charge >= 0.3 is 0 Å². The third-order valence-corrected chi connectivity index (χ3v) is 4.63. The SMILES string of the molecule is Cc1nonc1CNC(=O)[C@H]1C[C@H](NC(=O)/C=C/c2ccccc2)[C@@H](O)C1. The van der Waals surface area contributed by atoms with Gasteiger partial charge in [0.05, 0.1) is 18.7 Å². The molecule has 1 aromatic carbocycles. The van der Waals surface area contributed by atoms with Crippen molar-refractivity contribution in [1.29, 1.82) is 0 Å². The number of hydrogen-bond acceptors (Lipinski definition) is 6. The molecule has 1 fully saturated rings. The van der Waals surface area contributed by atoms with Crippen LogP contribution in [0.4, 0.5) is 0 Å². The van der Waals surface area contributed by atoms with Gasteiger partial charge < -0.3 is 15.7 Å². The van der Waals surface area contributed by atoms with E-state index in [0.717, 1.165) is 5.56 Å². The first-order valence-electron chi connectivity index (χ1n) is 8.80. The maximum Gasteiger partial charge on any atom is 0.244 e. The maximum absolute atomic E-state index is 12.3. The Balaban J connectivity index is 1.48. The van der Waals surface area contributed by atoms with E-state index in [1.54, 1.807) is 13.0 Å². The fourth-order valence-electron chi connectivity index (χ4n) is 3.08. The smallest absolute Gasteiger partial charge is 0.244 e. The first-order chi connectivity index (χ1) is 13.0. The van der Waals surface area contributed by atoms with Crippen LogP contribution in [0.5, 0.6) is 0 Å². The molecule has 1 aliphatic carbocycles. The van der Waals surface area contributed by atoms with Crippen LogP contribution in [0.25, 0.3) is 6.08 Å². The molecule has 8 heteroatoms. The second kappa shape index (κ2) is 8.59. The van der Waals surface area contributed by atoms with Crippen molar-refractivity contribution < 1.29 is 19.3 Å². The molecule has 3 rings (SSSR count). The van der Waals surface area contributed by atoms with Gasteiger partial charge in [-0.15, -0.1) is 0 Å². The van der Waals surface area contributed by atoms with Gasteiger partial charge in [0.15, 0.2) is 0 Å². The number of nitrogens with zero attached hydrogens (tertiary/aromatic N) is 2. The molecule has 3 atom stereocenters. The number of nitrogens with one attached hydrogen (secondary N) is 2. The minimum absolute atomic E-state index is 0.187. The van der Waals surface area contributed by atoms with Crippen LogP contribution in [0.15, 0.2) is 41.0 Å². The largest absolute Gasteiger partial charge is 0.391 e. The number of rotatable bonds is 6. The molecule has 1 aromatic heterocycles. The molecule has 0 bridgehead atoms. The molecule has 1 heterocycles. The fraction of sp³-hybridized carbons (Fsp3) is 0.368. The third-order valence-electron chi connectivity index (χ3n) is 4.63. The highest BCUT2D eigenvalue weighted by atomic mass is 16.6. The summed E-state index contributed by atoms with van der Waals surface area (Å²) in [5.41, 5.74) is 2.10. The standard InChI is InChI=1S/C19H22N4O4/c1-12-16(23-27-22-12)11-20-19(26)14-9-15(17(24)10-14)21-18(25)8-7-13-5-3-2-4-6-13/h2-8,14-15,17,24H,9-11H2,1H3,(H,20,26)(H,21,25)/b8-7+/t14-,15-,17-/m0/s1. The van der Waals surface area contributed by atoms with Crippen molar-refractivity contribution in [2.75, 3.05) is 0 Å². The van der Waals surface area contributed by atoms with Crippen LogP contribution in [0.2, 0.25) is 0 Å². The number of hydrogen-bond donors (Lipinski definition) is 3. The number of carbonyl (C=O) groups is 2. The number of aliphatic hydroxyl groups is 1. The lowest BCUT2D eigenvalue weighted by atomic mass is 10.1. The second-order valence-corrected chi connectivity index (χ2v) is 6.61. The van der Waals surface area contributed by atoms with E-state index in [0.29, 0.717) is 24.2 Å². The van der Waals surface area contributed by atoms with Gasteiger partial charge in [-0.2, -0.15) is 0 Å². The van der Waals surface area contributed by atoms with Gasteiger partial charge in [0, 0.05) is 12.0 Å². The molecule has 2 aromatic rings. The zero-order chi connectivity index (χ0) is 19.2. The Morgan fingerprint density at radius 1 is 1.26 bits per heavy atom. The van der Waals surface area contributed by atoms with Gasteiger partial charge in [-0.3, -0.25) is 9.59 Å². The number of aliphatic hydroxyl groups excluding tert-OH is 1. The quantitative estimate of drug-likeness (QED) is 0.652. The highest BCUT2D eigenvalue weighted by Crippen LogP contribution is 2.26. The Bertz CT molecular complexity index is 818. The predicted octanol–water partition coefficient (Wildman–Crippen LogP) is 0.963. The molecule has 142 valence electrons. The maximum atomic E-state index is 12.3. The van der Waals surface area contributed by atoms with Crippen LogP contribution in [-0.4, -0.2) is 39.4 Å². The number of aromatic nitrogens is 2. The van der Waals surface area contributed by atoms with Crippen LogP contribution in [-0.2, 0) is 16.1 Å². The lowest BCUT2D eigenvalue weighted by molar-refractivity contribution is -0.125. The molecular formula is C19H22N4O4. The Kier molecular flexibility index (Phi) is 5.97. The Morgan fingerprint density at radius 2 is 2.04 bits per heavy atom. The topological polar surface area (TPSA) is 117 Å². The Morgan fingerprint density at radius 3 is 2.74 bits per heavy atom. The van der Waals surface area contributed by atoms with E-state index in [4.69, 9.17) is 0 Å². The van der Waals surface area contributed by atoms with Crippen LogP contribution in [0.1, 0.15) is 29.8 Å². The zero-order valence-corrected chi connectivity index (χ0v) is 15.0. The van der Waals surface area contributed by atoms with Crippen molar-refractivity contribution in [2.45, 2.75) is 38.5 Å². The van der Waals surface area contributed by atoms with Crippen LogP contribution < -0.4 is 10.6 Å². The summed E-state index contributed by atoms with van der Waals surface area (Å²) >= 11 is 0. The Labute approximate surface area is 156 Å². The Hall–Kier alpha value is -3.00. The van der Waals surface area contributed by atoms with Crippen molar-refractivity contribution in [3.63, 3.8) is 0 Å². The molecule has 0 spiro atoms. The molecule has 2 amide bonds. The van der Waals surface area contributed by atoms with Crippen molar-refractivity contribution >= 4 is 17.9 Å². The van der Waals surface area contributed by atoms with E-state index in [-0.39, 0.29) is 24.3 Å². The van der Waals surface area contributed by atoms with E-state index in [1.807, 2.05) is 30.3 Å². The van der Waals surface area contributed by atoms with Crippen molar-refractivity contribution in [3.8, 4) is 0 Å². The summed E-state index contributed by atoms with van der Waals surface area (Å²) < 4.78 is 4.59. The molecule has 0 saturated heterocycles. The van der Waals surface area contributed by atoms with Crippen molar-refractivity contribution in [3.05, 3.63) is 53.4 Å². The number of amides is 2. The molecule has 27 heavy (non-hydrogen) atoms. The highest BCUT2D eigenvalue weighted by molar-refractivity contribution is 5.92. The minimum Gasteiger partial charge on any atom is -0.391 e. The van der Waals surface area contributed by atoms with Gasteiger partial charge in [-0.25, -0.2) is 4.63 Å². The van der Waals surface area contributed by atoms with Gasteiger partial charge in [-0.05, 0) is 31.4 Å². The van der Waals surface area contributed by atoms with Gasteiger partial charge in [0.1, 0.15) is 11.4 Å². The number of benzene rings is 1. The summed E-state index contributed by atoms with van der Waals surface area (Å²) in [6.45, 7) is 1.96. The van der Waals surface area contributed by atoms with Crippen LogP contribution in [0.3, 0.4) is 0 Å². The summed E-state index contributed by atoms with van der Waals surface area (Å²) in [5, 5.41) is 23.1. The van der Waals surface area contributed by atoms with Crippen LogP contribution in [0, 0.1) is 12.8 Å². The van der Waals surface area contributed by atoms with Gasteiger partial charge in [0.2, 0.25) is 11.8 Å². The van der Waals surface area contributed by atoms with Crippen molar-refractivity contribution in [2.24, 2.45) is 5.92 Å². The van der Waals surface area contributed by atoms with Gasteiger partial charge in [0.25, 0.3) is 0 Å². The first-order valence-corrected chi connectivity index (χ1v) is 8.80. The molecule has 0 aliphatic heterocycles. The van der Waals surface area contributed by atoms with Gasteiger partial charge in [-0.1, -0.05) is 40.6 Å². The van der Waals surface area contributed by atoms with Crippen molar-refractivity contribution in [1.82, 2.24) is 20.9 Å². The van der Waals surface area contributed by atoms with Crippen LogP contribution >= 0.6 is 0 Å².